The lowest BCUT2D eigenvalue weighted by Gasteiger charge is -2.25. The number of aromatic nitrogens is 2. The molecule has 4 nitrogen and oxygen atoms in total. The fraction of sp³-hybridized carbons (Fsp3) is 0.600. The number of fused-ring (bicyclic) bond motifs is 1. The number of nitrogens with two attached hydrogens (primary N) is 1. The van der Waals surface area contributed by atoms with Crippen LogP contribution in [0, 0.1) is 0 Å². The van der Waals surface area contributed by atoms with Gasteiger partial charge in [0.1, 0.15) is 6.33 Å². The van der Waals surface area contributed by atoms with Crippen molar-refractivity contribution in [1.29, 1.82) is 0 Å². The van der Waals surface area contributed by atoms with E-state index in [2.05, 4.69) is 14.9 Å². The third-order valence-corrected chi connectivity index (χ3v) is 2.28. The molecule has 0 aromatic carbocycles. The maximum absolute atomic E-state index is 5.97. The summed E-state index contributed by atoms with van der Waals surface area (Å²) in [5, 5.41) is 0. The SMILES string of the molecule is CC(C)(N)CN1Cc2cncnc2C1. The molecule has 0 unspecified atom stereocenters. The summed E-state index contributed by atoms with van der Waals surface area (Å²) >= 11 is 0. The van der Waals surface area contributed by atoms with Crippen LogP contribution in [0.1, 0.15) is 25.1 Å². The van der Waals surface area contributed by atoms with E-state index in [4.69, 9.17) is 5.73 Å². The monoisotopic (exact) mass is 192 g/mol. The predicted octanol–water partition coefficient (Wildman–Crippen LogP) is 0.529. The molecule has 0 spiro atoms. The Bertz CT molecular complexity index is 304. The van der Waals surface area contributed by atoms with Gasteiger partial charge in [-0.25, -0.2) is 9.97 Å². The van der Waals surface area contributed by atoms with E-state index >= 15 is 0 Å². The molecule has 0 bridgehead atoms. The van der Waals surface area contributed by atoms with Crippen molar-refractivity contribution in [3.63, 3.8) is 0 Å². The highest BCUT2D eigenvalue weighted by atomic mass is 15.2. The molecule has 1 aliphatic rings. The molecule has 1 aromatic heterocycles. The summed E-state index contributed by atoms with van der Waals surface area (Å²) in [4.78, 5) is 10.6. The van der Waals surface area contributed by atoms with E-state index in [-0.39, 0.29) is 5.54 Å². The van der Waals surface area contributed by atoms with Gasteiger partial charge < -0.3 is 5.73 Å². The molecule has 14 heavy (non-hydrogen) atoms. The fourth-order valence-corrected chi connectivity index (χ4v) is 1.85. The summed E-state index contributed by atoms with van der Waals surface area (Å²) < 4.78 is 0. The van der Waals surface area contributed by atoms with Crippen LogP contribution >= 0.6 is 0 Å². The van der Waals surface area contributed by atoms with Gasteiger partial charge in [-0.15, -0.1) is 0 Å². The quantitative estimate of drug-likeness (QED) is 0.742. The van der Waals surface area contributed by atoms with Crippen molar-refractivity contribution in [2.45, 2.75) is 32.5 Å². The Morgan fingerprint density at radius 3 is 2.93 bits per heavy atom. The second-order valence-corrected chi connectivity index (χ2v) is 4.63. The van der Waals surface area contributed by atoms with E-state index in [1.807, 2.05) is 20.0 Å². The van der Waals surface area contributed by atoms with E-state index in [0.29, 0.717) is 0 Å². The molecule has 0 saturated heterocycles. The Hall–Kier alpha value is -1.00. The molecule has 1 aromatic rings. The number of nitrogens with zero attached hydrogens (tertiary/aromatic N) is 3. The zero-order valence-corrected chi connectivity index (χ0v) is 8.70. The third kappa shape index (κ3) is 2.08. The second kappa shape index (κ2) is 3.29. The topological polar surface area (TPSA) is 55.0 Å². The highest BCUT2D eigenvalue weighted by Crippen LogP contribution is 2.20. The van der Waals surface area contributed by atoms with Gasteiger partial charge in [0.2, 0.25) is 0 Å². The highest BCUT2D eigenvalue weighted by Gasteiger charge is 2.24. The minimum Gasteiger partial charge on any atom is -0.324 e. The predicted molar refractivity (Wildman–Crippen MR) is 54.4 cm³/mol. The largest absolute Gasteiger partial charge is 0.324 e. The number of hydrogen-bond acceptors (Lipinski definition) is 4. The lowest BCUT2D eigenvalue weighted by Crippen LogP contribution is -2.43. The van der Waals surface area contributed by atoms with Crippen LogP contribution < -0.4 is 5.73 Å². The summed E-state index contributed by atoms with van der Waals surface area (Å²) in [6, 6.07) is 0. The average molecular weight is 192 g/mol. The van der Waals surface area contributed by atoms with Gasteiger partial charge in [-0.2, -0.15) is 0 Å². The van der Waals surface area contributed by atoms with Crippen LogP contribution in [0.15, 0.2) is 12.5 Å². The molecule has 1 aliphatic heterocycles. The van der Waals surface area contributed by atoms with Crippen LogP contribution in [0.25, 0.3) is 0 Å². The zero-order valence-electron chi connectivity index (χ0n) is 8.70. The molecule has 0 fully saturated rings. The molecule has 0 radical (unpaired) electrons. The van der Waals surface area contributed by atoms with Crippen LogP contribution in [-0.2, 0) is 13.1 Å². The van der Waals surface area contributed by atoms with Crippen LogP contribution in [-0.4, -0.2) is 27.0 Å². The Balaban J connectivity index is 2.05. The first-order chi connectivity index (χ1) is 6.54. The zero-order chi connectivity index (χ0) is 10.2. The van der Waals surface area contributed by atoms with Crippen molar-refractivity contribution >= 4 is 0 Å². The van der Waals surface area contributed by atoms with Gasteiger partial charge in [0.15, 0.2) is 0 Å². The smallest absolute Gasteiger partial charge is 0.115 e. The van der Waals surface area contributed by atoms with Crippen LogP contribution in [0.3, 0.4) is 0 Å². The van der Waals surface area contributed by atoms with Gasteiger partial charge in [0, 0.05) is 36.9 Å². The van der Waals surface area contributed by atoms with Crippen molar-refractivity contribution in [1.82, 2.24) is 14.9 Å². The van der Waals surface area contributed by atoms with Gasteiger partial charge >= 0.3 is 0 Å². The highest BCUT2D eigenvalue weighted by molar-refractivity contribution is 5.20. The van der Waals surface area contributed by atoms with Crippen molar-refractivity contribution in [3.8, 4) is 0 Å². The fourth-order valence-electron chi connectivity index (χ4n) is 1.85. The summed E-state index contributed by atoms with van der Waals surface area (Å²) in [5.41, 5.74) is 8.20. The van der Waals surface area contributed by atoms with Gasteiger partial charge in [0.05, 0.1) is 5.69 Å². The van der Waals surface area contributed by atoms with E-state index in [1.54, 1.807) is 6.33 Å². The van der Waals surface area contributed by atoms with E-state index < -0.39 is 0 Å². The first-order valence-electron chi connectivity index (χ1n) is 4.83. The van der Waals surface area contributed by atoms with Crippen LogP contribution in [0.2, 0.25) is 0 Å². The molecule has 4 heteroatoms. The van der Waals surface area contributed by atoms with Crippen molar-refractivity contribution < 1.29 is 0 Å². The van der Waals surface area contributed by atoms with E-state index in [9.17, 15) is 0 Å². The van der Waals surface area contributed by atoms with E-state index in [1.165, 1.54) is 5.56 Å². The van der Waals surface area contributed by atoms with Gasteiger partial charge in [0.25, 0.3) is 0 Å². The molecule has 0 saturated carbocycles. The Kier molecular flexibility index (Phi) is 2.25. The summed E-state index contributed by atoms with van der Waals surface area (Å²) in [6.45, 7) is 6.81. The van der Waals surface area contributed by atoms with Crippen molar-refractivity contribution in [2.75, 3.05) is 6.54 Å². The van der Waals surface area contributed by atoms with Gasteiger partial charge in [-0.3, -0.25) is 4.90 Å². The summed E-state index contributed by atoms with van der Waals surface area (Å²) in [5.74, 6) is 0. The summed E-state index contributed by atoms with van der Waals surface area (Å²) in [7, 11) is 0. The lowest BCUT2D eigenvalue weighted by atomic mass is 10.1. The Labute approximate surface area is 84.2 Å². The summed E-state index contributed by atoms with van der Waals surface area (Å²) in [6.07, 6.45) is 3.50. The van der Waals surface area contributed by atoms with Crippen molar-refractivity contribution in [3.05, 3.63) is 23.8 Å². The average Bonchev–Trinajstić information content (AvgIpc) is 2.42. The molecule has 2 N–H and O–H groups in total. The minimum atomic E-state index is -0.143. The van der Waals surface area contributed by atoms with Gasteiger partial charge in [-0.1, -0.05) is 0 Å². The lowest BCUT2D eigenvalue weighted by molar-refractivity contribution is 0.229. The van der Waals surface area contributed by atoms with Crippen LogP contribution in [0.4, 0.5) is 0 Å². The molecular weight excluding hydrogens is 176 g/mol. The normalized spacial score (nSPS) is 17.1. The second-order valence-electron chi connectivity index (χ2n) is 4.63. The molecule has 0 aliphatic carbocycles. The molecule has 76 valence electrons. The molecular formula is C10H16N4. The number of hydrogen-bond donors (Lipinski definition) is 1. The Morgan fingerprint density at radius 2 is 2.29 bits per heavy atom. The Morgan fingerprint density at radius 1 is 1.50 bits per heavy atom. The van der Waals surface area contributed by atoms with Crippen molar-refractivity contribution in [2.24, 2.45) is 5.73 Å². The first-order valence-corrected chi connectivity index (χ1v) is 4.83. The van der Waals surface area contributed by atoms with Crippen LogP contribution in [0.5, 0.6) is 0 Å². The van der Waals surface area contributed by atoms with Gasteiger partial charge in [-0.05, 0) is 13.8 Å². The number of rotatable bonds is 2. The maximum atomic E-state index is 5.97. The molecule has 0 atom stereocenters. The molecule has 0 amide bonds. The minimum absolute atomic E-state index is 0.143. The first kappa shape index (κ1) is 9.55. The molecule has 2 heterocycles. The third-order valence-electron chi connectivity index (χ3n) is 2.28. The maximum Gasteiger partial charge on any atom is 0.115 e. The molecule has 2 rings (SSSR count). The van der Waals surface area contributed by atoms with E-state index in [0.717, 1.165) is 25.3 Å². The standard InChI is InChI=1S/C10H16N4/c1-10(2,11)6-14-4-8-3-12-7-13-9(8)5-14/h3,7H,4-6,11H2,1-2H3.